The number of phenolic OH excluding ortho intramolecular Hbond substituents is 2. The van der Waals surface area contributed by atoms with E-state index >= 15 is 0 Å². The quantitative estimate of drug-likeness (QED) is 0.575. The number of likely N-dealkylation sites (N-methyl/N-ethyl adjacent to an activating group) is 1. The van der Waals surface area contributed by atoms with Crippen LogP contribution in [0.1, 0.15) is 5.56 Å². The molecule has 0 amide bonds. The minimum atomic E-state index is -0.982. The number of aromatic hydroxyl groups is 2. The van der Waals surface area contributed by atoms with E-state index in [2.05, 4.69) is 5.32 Å². The van der Waals surface area contributed by atoms with Crippen LogP contribution in [0.3, 0.4) is 0 Å². The van der Waals surface area contributed by atoms with Crippen molar-refractivity contribution in [3.8, 4) is 11.5 Å². The summed E-state index contributed by atoms with van der Waals surface area (Å²) in [5, 5.41) is 29.9. The molecule has 1 unspecified atom stereocenters. The molecule has 0 aromatic heterocycles. The highest BCUT2D eigenvalue weighted by Crippen LogP contribution is 2.23. The third-order valence-electron chi connectivity index (χ3n) is 2.14. The van der Waals surface area contributed by atoms with E-state index in [1.54, 1.807) is 0 Å². The molecule has 0 saturated heterocycles. The molecular weight excluding hydrogens is 198 g/mol. The average Bonchev–Trinajstić information content (AvgIpc) is 2.16. The zero-order chi connectivity index (χ0) is 11.4. The van der Waals surface area contributed by atoms with E-state index < -0.39 is 12.0 Å². The molecule has 0 saturated carbocycles. The predicted octanol–water partition coefficient (Wildman–Crippen LogP) is 0.313. The van der Waals surface area contributed by atoms with Crippen molar-refractivity contribution in [1.29, 1.82) is 0 Å². The maximum Gasteiger partial charge on any atom is 0.321 e. The highest BCUT2D eigenvalue weighted by Gasteiger charge is 2.17. The summed E-state index contributed by atoms with van der Waals surface area (Å²) in [6.07, 6.45) is 0.165. The predicted molar refractivity (Wildman–Crippen MR) is 54.0 cm³/mol. The van der Waals surface area contributed by atoms with Crippen LogP contribution in [0.4, 0.5) is 0 Å². The van der Waals surface area contributed by atoms with Gasteiger partial charge in [0.15, 0.2) is 0 Å². The summed E-state index contributed by atoms with van der Waals surface area (Å²) in [5.41, 5.74) is 0.481. The zero-order valence-corrected chi connectivity index (χ0v) is 8.27. The molecule has 0 radical (unpaired) electrons. The maximum atomic E-state index is 10.7. The van der Waals surface area contributed by atoms with E-state index in [9.17, 15) is 9.90 Å². The summed E-state index contributed by atoms with van der Waals surface area (Å²) in [4.78, 5) is 10.7. The highest BCUT2D eigenvalue weighted by atomic mass is 16.4. The molecule has 1 rings (SSSR count). The zero-order valence-electron chi connectivity index (χ0n) is 8.27. The van der Waals surface area contributed by atoms with Crippen molar-refractivity contribution < 1.29 is 20.1 Å². The van der Waals surface area contributed by atoms with Crippen LogP contribution in [-0.4, -0.2) is 34.4 Å². The molecular formula is C10H13NO4. The molecule has 5 nitrogen and oxygen atoms in total. The molecule has 1 aromatic rings. The Morgan fingerprint density at radius 2 is 2.13 bits per heavy atom. The van der Waals surface area contributed by atoms with Crippen LogP contribution < -0.4 is 5.32 Å². The van der Waals surface area contributed by atoms with Crippen LogP contribution in [0.5, 0.6) is 11.5 Å². The van der Waals surface area contributed by atoms with Crippen LogP contribution in [0.25, 0.3) is 0 Å². The van der Waals surface area contributed by atoms with Crippen LogP contribution in [-0.2, 0) is 11.2 Å². The second-order valence-electron chi connectivity index (χ2n) is 3.20. The number of carboxylic acids is 1. The third kappa shape index (κ3) is 2.85. The number of carboxylic acid groups (broad SMARTS) is 1. The van der Waals surface area contributed by atoms with Crippen LogP contribution >= 0.6 is 0 Å². The molecule has 0 bridgehead atoms. The first kappa shape index (κ1) is 11.3. The van der Waals surface area contributed by atoms with Crippen molar-refractivity contribution in [3.63, 3.8) is 0 Å². The van der Waals surface area contributed by atoms with Gasteiger partial charge in [0.2, 0.25) is 0 Å². The van der Waals surface area contributed by atoms with Crippen molar-refractivity contribution in [1.82, 2.24) is 5.32 Å². The van der Waals surface area contributed by atoms with E-state index in [1.165, 1.54) is 25.2 Å². The third-order valence-corrected chi connectivity index (χ3v) is 2.14. The SMILES string of the molecule is CNC(Cc1ccc(O)cc1O)C(=O)O. The summed E-state index contributed by atoms with van der Waals surface area (Å²) in [7, 11) is 1.54. The standard InChI is InChI=1S/C10H13NO4/c1-11-8(10(14)15)4-6-2-3-7(12)5-9(6)13/h2-3,5,8,11-13H,4H2,1H3,(H,14,15). The maximum absolute atomic E-state index is 10.7. The first-order chi connectivity index (χ1) is 7.04. The smallest absolute Gasteiger partial charge is 0.321 e. The van der Waals surface area contributed by atoms with Crippen molar-refractivity contribution >= 4 is 5.97 Å². The molecule has 0 spiro atoms. The number of carbonyl (C=O) groups is 1. The van der Waals surface area contributed by atoms with Gasteiger partial charge < -0.3 is 20.6 Å². The summed E-state index contributed by atoms with van der Waals surface area (Å²) in [6.45, 7) is 0. The van der Waals surface area contributed by atoms with Crippen LogP contribution in [0.2, 0.25) is 0 Å². The van der Waals surface area contributed by atoms with Crippen molar-refractivity contribution in [2.45, 2.75) is 12.5 Å². The number of nitrogens with one attached hydrogen (secondary N) is 1. The van der Waals surface area contributed by atoms with Crippen molar-refractivity contribution in [2.24, 2.45) is 0 Å². The fourth-order valence-corrected chi connectivity index (χ4v) is 1.26. The van der Waals surface area contributed by atoms with Gasteiger partial charge in [0, 0.05) is 12.5 Å². The second-order valence-corrected chi connectivity index (χ2v) is 3.20. The average molecular weight is 211 g/mol. The largest absolute Gasteiger partial charge is 0.508 e. The van der Waals surface area contributed by atoms with Crippen LogP contribution in [0.15, 0.2) is 18.2 Å². The van der Waals surface area contributed by atoms with Gasteiger partial charge in [-0.2, -0.15) is 0 Å². The summed E-state index contributed by atoms with van der Waals surface area (Å²) < 4.78 is 0. The molecule has 0 heterocycles. The second kappa shape index (κ2) is 4.65. The van der Waals surface area contributed by atoms with Gasteiger partial charge in [0.1, 0.15) is 17.5 Å². The molecule has 82 valence electrons. The van der Waals surface area contributed by atoms with E-state index in [0.717, 1.165) is 0 Å². The lowest BCUT2D eigenvalue weighted by molar-refractivity contribution is -0.139. The van der Waals surface area contributed by atoms with Gasteiger partial charge in [0.05, 0.1) is 0 Å². The van der Waals surface area contributed by atoms with Gasteiger partial charge in [0.25, 0.3) is 0 Å². The van der Waals surface area contributed by atoms with E-state index in [-0.39, 0.29) is 17.9 Å². The Hall–Kier alpha value is -1.75. The van der Waals surface area contributed by atoms with Crippen molar-refractivity contribution in [2.75, 3.05) is 7.05 Å². The van der Waals surface area contributed by atoms with Gasteiger partial charge in [-0.15, -0.1) is 0 Å². The van der Waals surface area contributed by atoms with Gasteiger partial charge >= 0.3 is 5.97 Å². The van der Waals surface area contributed by atoms with E-state index in [0.29, 0.717) is 5.56 Å². The topological polar surface area (TPSA) is 89.8 Å². The Bertz CT molecular complexity index is 364. The Labute approximate surface area is 87.0 Å². The Kier molecular flexibility index (Phi) is 3.51. The van der Waals surface area contributed by atoms with Crippen LogP contribution in [0, 0.1) is 0 Å². The minimum Gasteiger partial charge on any atom is -0.508 e. The first-order valence-electron chi connectivity index (χ1n) is 4.45. The number of benzene rings is 1. The Morgan fingerprint density at radius 1 is 1.47 bits per heavy atom. The number of phenols is 2. The number of rotatable bonds is 4. The molecule has 4 N–H and O–H groups in total. The fraction of sp³-hybridized carbons (Fsp3) is 0.300. The Balaban J connectivity index is 2.84. The molecule has 0 aliphatic carbocycles. The molecule has 0 fully saturated rings. The lowest BCUT2D eigenvalue weighted by Crippen LogP contribution is -2.35. The summed E-state index contributed by atoms with van der Waals surface area (Å²) >= 11 is 0. The van der Waals surface area contributed by atoms with Gasteiger partial charge in [-0.25, -0.2) is 0 Å². The van der Waals surface area contributed by atoms with E-state index in [1.807, 2.05) is 0 Å². The van der Waals surface area contributed by atoms with Crippen molar-refractivity contribution in [3.05, 3.63) is 23.8 Å². The van der Waals surface area contributed by atoms with E-state index in [4.69, 9.17) is 10.2 Å². The summed E-state index contributed by atoms with van der Waals surface area (Å²) in [6, 6.07) is 3.34. The normalized spacial score (nSPS) is 12.3. The summed E-state index contributed by atoms with van der Waals surface area (Å²) in [5.74, 6) is -1.13. The molecule has 1 aromatic carbocycles. The molecule has 5 heteroatoms. The molecule has 0 aliphatic heterocycles. The molecule has 0 aliphatic rings. The number of aliphatic carboxylic acids is 1. The first-order valence-corrected chi connectivity index (χ1v) is 4.45. The van der Waals surface area contributed by atoms with Gasteiger partial charge in [-0.05, 0) is 18.7 Å². The number of hydrogen-bond acceptors (Lipinski definition) is 4. The highest BCUT2D eigenvalue weighted by molar-refractivity contribution is 5.74. The lowest BCUT2D eigenvalue weighted by atomic mass is 10.0. The molecule has 1 atom stereocenters. The number of hydrogen-bond donors (Lipinski definition) is 4. The fourth-order valence-electron chi connectivity index (χ4n) is 1.26. The minimum absolute atomic E-state index is 0.0485. The Morgan fingerprint density at radius 3 is 2.60 bits per heavy atom. The molecule has 15 heavy (non-hydrogen) atoms. The lowest BCUT2D eigenvalue weighted by Gasteiger charge is -2.12. The van der Waals surface area contributed by atoms with Gasteiger partial charge in [-0.3, -0.25) is 4.79 Å². The monoisotopic (exact) mass is 211 g/mol. The van der Waals surface area contributed by atoms with Gasteiger partial charge in [-0.1, -0.05) is 6.07 Å².